The molecular formula is C17H23N5O3S. The number of hydrogen-bond acceptors (Lipinski definition) is 7. The third kappa shape index (κ3) is 3.59. The van der Waals surface area contributed by atoms with Crippen LogP contribution in [0.3, 0.4) is 0 Å². The zero-order valence-corrected chi connectivity index (χ0v) is 15.6. The first kappa shape index (κ1) is 17.4. The number of fused-ring (bicyclic) bond motifs is 1. The number of carbonyl (C=O) groups is 1. The van der Waals surface area contributed by atoms with E-state index in [1.807, 2.05) is 0 Å². The fourth-order valence-electron chi connectivity index (χ4n) is 3.57. The van der Waals surface area contributed by atoms with Crippen molar-refractivity contribution < 1.29 is 9.53 Å². The SMILES string of the molecule is Cc1cc(=O)n2nc(N3CCC[C@H](C(=O)NC[C@H]4CCCO4)C3)sc2n1. The Labute approximate surface area is 155 Å². The molecule has 0 saturated carbocycles. The van der Waals surface area contributed by atoms with Gasteiger partial charge in [-0.2, -0.15) is 4.52 Å². The molecule has 2 atom stereocenters. The second kappa shape index (κ2) is 7.32. The molecule has 0 radical (unpaired) electrons. The molecular weight excluding hydrogens is 354 g/mol. The maximum atomic E-state index is 12.5. The number of hydrogen-bond donors (Lipinski definition) is 1. The summed E-state index contributed by atoms with van der Waals surface area (Å²) in [5.74, 6) is 0.0148. The third-order valence-electron chi connectivity index (χ3n) is 4.95. The Morgan fingerprint density at radius 1 is 1.42 bits per heavy atom. The molecule has 4 heterocycles. The normalized spacial score (nSPS) is 23.5. The molecule has 2 aliphatic heterocycles. The quantitative estimate of drug-likeness (QED) is 0.854. The van der Waals surface area contributed by atoms with Crippen LogP contribution in [0, 0.1) is 12.8 Å². The lowest BCUT2D eigenvalue weighted by Gasteiger charge is -2.31. The van der Waals surface area contributed by atoms with Gasteiger partial charge in [0.05, 0.1) is 12.0 Å². The molecule has 140 valence electrons. The van der Waals surface area contributed by atoms with E-state index in [-0.39, 0.29) is 23.5 Å². The number of nitrogens with one attached hydrogen (secondary N) is 1. The molecule has 4 rings (SSSR count). The topological polar surface area (TPSA) is 88.8 Å². The van der Waals surface area contributed by atoms with Crippen LogP contribution in [0.2, 0.25) is 0 Å². The van der Waals surface area contributed by atoms with Gasteiger partial charge < -0.3 is 15.0 Å². The van der Waals surface area contributed by atoms with Crippen molar-refractivity contribution in [3.63, 3.8) is 0 Å². The Hall–Kier alpha value is -2.00. The molecule has 2 aromatic heterocycles. The van der Waals surface area contributed by atoms with E-state index in [1.165, 1.54) is 21.9 Å². The first-order chi connectivity index (χ1) is 12.6. The Morgan fingerprint density at radius 2 is 2.31 bits per heavy atom. The summed E-state index contributed by atoms with van der Waals surface area (Å²) in [5, 5.41) is 8.20. The number of amides is 1. The fraction of sp³-hybridized carbons (Fsp3) is 0.647. The Balaban J connectivity index is 1.43. The highest BCUT2D eigenvalue weighted by atomic mass is 32.1. The van der Waals surface area contributed by atoms with Crippen molar-refractivity contribution >= 4 is 27.3 Å². The standard InChI is InChI=1S/C17H23N5O3S/c1-11-8-14(23)22-16(19-11)26-17(20-22)21-6-2-4-12(10-21)15(24)18-9-13-5-3-7-25-13/h8,12-13H,2-7,9-10H2,1H3,(H,18,24)/t12-,13+/m0/s1. The lowest BCUT2D eigenvalue weighted by atomic mass is 9.97. The third-order valence-corrected chi connectivity index (χ3v) is 5.92. The van der Waals surface area contributed by atoms with Crippen molar-refractivity contribution in [3.8, 4) is 0 Å². The van der Waals surface area contributed by atoms with Gasteiger partial charge in [-0.1, -0.05) is 11.3 Å². The van der Waals surface area contributed by atoms with Crippen molar-refractivity contribution in [2.75, 3.05) is 31.1 Å². The number of anilines is 1. The summed E-state index contributed by atoms with van der Waals surface area (Å²) in [6.45, 7) is 4.64. The van der Waals surface area contributed by atoms with Crippen molar-refractivity contribution in [2.24, 2.45) is 5.92 Å². The average Bonchev–Trinajstić information content (AvgIpc) is 3.29. The van der Waals surface area contributed by atoms with E-state index < -0.39 is 0 Å². The van der Waals surface area contributed by atoms with Crippen LogP contribution in [0.1, 0.15) is 31.4 Å². The smallest absolute Gasteiger partial charge is 0.275 e. The highest BCUT2D eigenvalue weighted by Gasteiger charge is 2.28. The van der Waals surface area contributed by atoms with Crippen LogP contribution in [-0.2, 0) is 9.53 Å². The van der Waals surface area contributed by atoms with Gasteiger partial charge in [0, 0.05) is 38.0 Å². The summed E-state index contributed by atoms with van der Waals surface area (Å²) in [6.07, 6.45) is 4.04. The van der Waals surface area contributed by atoms with E-state index in [2.05, 4.69) is 20.3 Å². The molecule has 2 aromatic rings. The monoisotopic (exact) mass is 377 g/mol. The number of carbonyl (C=O) groups excluding carboxylic acids is 1. The zero-order valence-electron chi connectivity index (χ0n) is 14.8. The number of aryl methyl sites for hydroxylation is 1. The first-order valence-electron chi connectivity index (χ1n) is 9.12. The fourth-order valence-corrected chi connectivity index (χ4v) is 4.55. The summed E-state index contributed by atoms with van der Waals surface area (Å²) >= 11 is 1.39. The molecule has 1 N–H and O–H groups in total. The Kier molecular flexibility index (Phi) is 4.90. The van der Waals surface area contributed by atoms with Gasteiger partial charge in [0.1, 0.15) is 0 Å². The van der Waals surface area contributed by atoms with Crippen molar-refractivity contribution in [1.82, 2.24) is 19.9 Å². The number of aromatic nitrogens is 3. The van der Waals surface area contributed by atoms with Crippen LogP contribution in [0.4, 0.5) is 5.13 Å². The number of ether oxygens (including phenoxy) is 1. The zero-order chi connectivity index (χ0) is 18.1. The predicted molar refractivity (Wildman–Crippen MR) is 98.8 cm³/mol. The summed E-state index contributed by atoms with van der Waals surface area (Å²) in [5.41, 5.74) is 0.521. The van der Waals surface area contributed by atoms with Crippen molar-refractivity contribution in [1.29, 1.82) is 0 Å². The Bertz CT molecular complexity index is 858. The van der Waals surface area contributed by atoms with Crippen LogP contribution in [-0.4, -0.2) is 52.9 Å². The van der Waals surface area contributed by atoms with E-state index in [1.54, 1.807) is 6.92 Å². The highest BCUT2D eigenvalue weighted by Crippen LogP contribution is 2.27. The van der Waals surface area contributed by atoms with E-state index in [0.717, 1.165) is 44.0 Å². The van der Waals surface area contributed by atoms with E-state index in [0.29, 0.717) is 23.7 Å². The molecule has 26 heavy (non-hydrogen) atoms. The summed E-state index contributed by atoms with van der Waals surface area (Å²) in [4.78, 5) is 31.6. The average molecular weight is 377 g/mol. The van der Waals surface area contributed by atoms with Crippen LogP contribution < -0.4 is 15.8 Å². The second-order valence-corrected chi connectivity index (χ2v) is 7.91. The molecule has 0 unspecified atom stereocenters. The van der Waals surface area contributed by atoms with E-state index in [4.69, 9.17) is 4.74 Å². The molecule has 0 spiro atoms. The van der Waals surface area contributed by atoms with Crippen LogP contribution in [0.5, 0.6) is 0 Å². The minimum absolute atomic E-state index is 0.0661. The summed E-state index contributed by atoms with van der Waals surface area (Å²) in [6, 6.07) is 1.48. The van der Waals surface area contributed by atoms with Gasteiger partial charge in [0.25, 0.3) is 5.56 Å². The predicted octanol–water partition coefficient (Wildman–Crippen LogP) is 0.971. The van der Waals surface area contributed by atoms with Gasteiger partial charge in [0.15, 0.2) is 0 Å². The van der Waals surface area contributed by atoms with Gasteiger partial charge in [-0.15, -0.1) is 5.10 Å². The van der Waals surface area contributed by atoms with Crippen LogP contribution >= 0.6 is 11.3 Å². The molecule has 2 saturated heterocycles. The Morgan fingerprint density at radius 3 is 3.12 bits per heavy atom. The van der Waals surface area contributed by atoms with Crippen LogP contribution in [0.15, 0.2) is 10.9 Å². The largest absolute Gasteiger partial charge is 0.376 e. The molecule has 0 aliphatic carbocycles. The molecule has 0 aromatic carbocycles. The molecule has 0 bridgehead atoms. The van der Waals surface area contributed by atoms with Gasteiger partial charge >= 0.3 is 0 Å². The number of rotatable bonds is 4. The van der Waals surface area contributed by atoms with Gasteiger partial charge in [0.2, 0.25) is 16.0 Å². The second-order valence-electron chi connectivity index (χ2n) is 6.98. The molecule has 8 nitrogen and oxygen atoms in total. The molecule has 2 fully saturated rings. The van der Waals surface area contributed by atoms with Crippen molar-refractivity contribution in [3.05, 3.63) is 22.1 Å². The minimum atomic E-state index is -0.169. The maximum absolute atomic E-state index is 12.5. The molecule has 2 aliphatic rings. The van der Waals surface area contributed by atoms with Crippen LogP contribution in [0.25, 0.3) is 4.96 Å². The molecule has 1 amide bonds. The minimum Gasteiger partial charge on any atom is -0.376 e. The van der Waals surface area contributed by atoms with E-state index >= 15 is 0 Å². The highest BCUT2D eigenvalue weighted by molar-refractivity contribution is 7.20. The number of nitrogens with zero attached hydrogens (tertiary/aromatic N) is 4. The molecule has 9 heteroatoms. The van der Waals surface area contributed by atoms with Gasteiger partial charge in [-0.05, 0) is 32.6 Å². The van der Waals surface area contributed by atoms with Gasteiger partial charge in [-0.3, -0.25) is 9.59 Å². The number of piperidine rings is 1. The maximum Gasteiger partial charge on any atom is 0.275 e. The lowest BCUT2D eigenvalue weighted by Crippen LogP contribution is -2.44. The summed E-state index contributed by atoms with van der Waals surface area (Å²) in [7, 11) is 0. The van der Waals surface area contributed by atoms with E-state index in [9.17, 15) is 9.59 Å². The lowest BCUT2D eigenvalue weighted by molar-refractivity contribution is -0.125. The first-order valence-corrected chi connectivity index (χ1v) is 9.93. The van der Waals surface area contributed by atoms with Crippen molar-refractivity contribution in [2.45, 2.75) is 38.7 Å². The van der Waals surface area contributed by atoms with Gasteiger partial charge in [-0.25, -0.2) is 4.98 Å². The summed E-state index contributed by atoms with van der Waals surface area (Å²) < 4.78 is 6.90.